The smallest absolute Gasteiger partial charge is 0.265 e. The van der Waals surface area contributed by atoms with Gasteiger partial charge in [0.2, 0.25) is 5.91 Å². The van der Waals surface area contributed by atoms with Gasteiger partial charge in [0.05, 0.1) is 12.1 Å². The number of anilines is 1. The molecule has 0 unspecified atom stereocenters. The van der Waals surface area contributed by atoms with Crippen LogP contribution in [0.4, 0.5) is 14.5 Å². The molecular formula is C17H13F2N3O3. The second-order valence-electron chi connectivity index (χ2n) is 5.39. The maximum absolute atomic E-state index is 13.3. The minimum absolute atomic E-state index is 0.0624. The monoisotopic (exact) mass is 345 g/mol. The third-order valence-electron chi connectivity index (χ3n) is 3.70. The number of benzene rings is 2. The third-order valence-corrected chi connectivity index (χ3v) is 3.70. The van der Waals surface area contributed by atoms with Crippen molar-refractivity contribution in [3.8, 4) is 0 Å². The maximum atomic E-state index is 13.3. The molecule has 6 nitrogen and oxygen atoms in total. The Morgan fingerprint density at radius 1 is 1.04 bits per heavy atom. The predicted octanol–water partition coefficient (Wildman–Crippen LogP) is 1.53. The summed E-state index contributed by atoms with van der Waals surface area (Å²) in [7, 11) is 0. The number of imide groups is 1. The van der Waals surface area contributed by atoms with Gasteiger partial charge in [0.15, 0.2) is 11.6 Å². The normalized spacial score (nSPS) is 17.0. The van der Waals surface area contributed by atoms with Gasteiger partial charge in [-0.3, -0.25) is 19.8 Å². The van der Waals surface area contributed by atoms with Crippen LogP contribution in [0.15, 0.2) is 48.5 Å². The first-order chi connectivity index (χ1) is 12.0. The molecular weight excluding hydrogens is 332 g/mol. The first-order valence-corrected chi connectivity index (χ1v) is 7.40. The zero-order chi connectivity index (χ0) is 18.0. The first kappa shape index (κ1) is 16.7. The van der Waals surface area contributed by atoms with Gasteiger partial charge < -0.3 is 0 Å². The molecule has 128 valence electrons. The van der Waals surface area contributed by atoms with Crippen LogP contribution >= 0.6 is 0 Å². The van der Waals surface area contributed by atoms with Crippen LogP contribution < -0.4 is 15.8 Å². The van der Waals surface area contributed by atoms with E-state index in [4.69, 9.17) is 0 Å². The molecule has 0 bridgehead atoms. The van der Waals surface area contributed by atoms with E-state index in [9.17, 15) is 23.2 Å². The number of hydrogen-bond acceptors (Lipinski definition) is 4. The SMILES string of the molecule is O=C(NN[C@@H]1CC(=O)N(c2ccc(F)c(F)c2)C1=O)c1ccccc1. The highest BCUT2D eigenvalue weighted by atomic mass is 19.2. The summed E-state index contributed by atoms with van der Waals surface area (Å²) < 4.78 is 26.3. The van der Waals surface area contributed by atoms with Gasteiger partial charge in [-0.2, -0.15) is 0 Å². The summed E-state index contributed by atoms with van der Waals surface area (Å²) in [5.74, 6) is -3.95. The molecule has 1 aliphatic rings. The molecule has 1 aliphatic heterocycles. The van der Waals surface area contributed by atoms with Gasteiger partial charge in [-0.25, -0.2) is 19.1 Å². The van der Waals surface area contributed by atoms with Crippen LogP contribution in [-0.4, -0.2) is 23.8 Å². The fourth-order valence-corrected chi connectivity index (χ4v) is 2.45. The average Bonchev–Trinajstić information content (AvgIpc) is 2.90. The number of carbonyl (C=O) groups excluding carboxylic acids is 3. The molecule has 1 fully saturated rings. The van der Waals surface area contributed by atoms with Gasteiger partial charge in [-0.1, -0.05) is 18.2 Å². The van der Waals surface area contributed by atoms with Crippen molar-refractivity contribution in [3.05, 3.63) is 65.7 Å². The first-order valence-electron chi connectivity index (χ1n) is 7.40. The molecule has 1 atom stereocenters. The minimum atomic E-state index is -1.16. The lowest BCUT2D eigenvalue weighted by Crippen LogP contribution is -2.48. The van der Waals surface area contributed by atoms with Crippen LogP contribution in [-0.2, 0) is 9.59 Å². The van der Waals surface area contributed by atoms with Gasteiger partial charge in [0.25, 0.3) is 11.8 Å². The Labute approximate surface area is 141 Å². The van der Waals surface area contributed by atoms with Crippen molar-refractivity contribution in [3.63, 3.8) is 0 Å². The van der Waals surface area contributed by atoms with E-state index in [2.05, 4.69) is 10.9 Å². The number of hydrogen-bond donors (Lipinski definition) is 2. The quantitative estimate of drug-likeness (QED) is 0.651. The van der Waals surface area contributed by atoms with Crippen LogP contribution in [0.3, 0.4) is 0 Å². The van der Waals surface area contributed by atoms with Gasteiger partial charge in [0.1, 0.15) is 6.04 Å². The lowest BCUT2D eigenvalue weighted by atomic mass is 10.2. The number of nitrogens with zero attached hydrogens (tertiary/aromatic N) is 1. The van der Waals surface area contributed by atoms with E-state index in [1.54, 1.807) is 30.3 Å². The lowest BCUT2D eigenvalue weighted by molar-refractivity contribution is -0.121. The topological polar surface area (TPSA) is 78.5 Å². The molecule has 1 saturated heterocycles. The van der Waals surface area contributed by atoms with Gasteiger partial charge >= 0.3 is 0 Å². The fourth-order valence-electron chi connectivity index (χ4n) is 2.45. The minimum Gasteiger partial charge on any atom is -0.287 e. The molecule has 2 aromatic rings. The van der Waals surface area contributed by atoms with Gasteiger partial charge in [-0.05, 0) is 24.3 Å². The largest absolute Gasteiger partial charge is 0.287 e. The number of halogens is 2. The van der Waals surface area contributed by atoms with E-state index >= 15 is 0 Å². The van der Waals surface area contributed by atoms with E-state index in [-0.39, 0.29) is 12.1 Å². The summed E-state index contributed by atoms with van der Waals surface area (Å²) in [6.07, 6.45) is -0.215. The average molecular weight is 345 g/mol. The molecule has 0 aliphatic carbocycles. The Morgan fingerprint density at radius 2 is 1.76 bits per heavy atom. The lowest BCUT2D eigenvalue weighted by Gasteiger charge is -2.16. The van der Waals surface area contributed by atoms with E-state index in [0.29, 0.717) is 5.56 Å². The van der Waals surface area contributed by atoms with Crippen molar-refractivity contribution in [2.75, 3.05) is 4.90 Å². The van der Waals surface area contributed by atoms with E-state index in [0.717, 1.165) is 23.1 Å². The summed E-state index contributed by atoms with van der Waals surface area (Å²) in [6, 6.07) is 10.1. The number of nitrogens with one attached hydrogen (secondary N) is 2. The number of carbonyl (C=O) groups is 3. The Kier molecular flexibility index (Phi) is 4.53. The van der Waals surface area contributed by atoms with Crippen molar-refractivity contribution in [1.29, 1.82) is 0 Å². The Bertz CT molecular complexity index is 842. The van der Waals surface area contributed by atoms with Crippen LogP contribution in [0.2, 0.25) is 0 Å². The van der Waals surface area contributed by atoms with Crippen LogP contribution in [0.5, 0.6) is 0 Å². The van der Waals surface area contributed by atoms with E-state index < -0.39 is 35.4 Å². The van der Waals surface area contributed by atoms with Crippen molar-refractivity contribution >= 4 is 23.4 Å². The summed E-state index contributed by atoms with van der Waals surface area (Å²) in [6.45, 7) is 0. The zero-order valence-corrected chi connectivity index (χ0v) is 12.8. The second-order valence-corrected chi connectivity index (χ2v) is 5.39. The highest BCUT2D eigenvalue weighted by Gasteiger charge is 2.40. The third kappa shape index (κ3) is 3.38. The Balaban J connectivity index is 1.69. The molecule has 3 amide bonds. The van der Waals surface area contributed by atoms with Crippen LogP contribution in [0.25, 0.3) is 0 Å². The highest BCUT2D eigenvalue weighted by molar-refractivity contribution is 6.22. The van der Waals surface area contributed by atoms with E-state index in [1.165, 1.54) is 0 Å². The molecule has 0 radical (unpaired) electrons. The number of amides is 3. The molecule has 2 N–H and O–H groups in total. The molecule has 3 rings (SSSR count). The number of rotatable bonds is 4. The maximum Gasteiger partial charge on any atom is 0.265 e. The molecule has 25 heavy (non-hydrogen) atoms. The Hall–Kier alpha value is -3.13. The van der Waals surface area contributed by atoms with Crippen molar-refractivity contribution in [2.45, 2.75) is 12.5 Å². The standard InChI is InChI=1S/C17H13F2N3O3/c18-12-7-6-11(8-13(12)19)22-15(23)9-14(17(22)25)20-21-16(24)10-4-2-1-3-5-10/h1-8,14,20H,9H2,(H,21,24)/t14-/m1/s1. The van der Waals surface area contributed by atoms with Crippen molar-refractivity contribution in [1.82, 2.24) is 10.9 Å². The molecule has 0 aromatic heterocycles. The second kappa shape index (κ2) is 6.78. The predicted molar refractivity (Wildman–Crippen MR) is 84.3 cm³/mol. The summed E-state index contributed by atoms with van der Waals surface area (Å²) in [5, 5.41) is 0. The molecule has 0 spiro atoms. The summed E-state index contributed by atoms with van der Waals surface area (Å²) in [5.41, 5.74) is 5.18. The van der Waals surface area contributed by atoms with Gasteiger partial charge in [0, 0.05) is 11.6 Å². The molecule has 0 saturated carbocycles. The molecule has 1 heterocycles. The van der Waals surface area contributed by atoms with Crippen LogP contribution in [0, 0.1) is 11.6 Å². The van der Waals surface area contributed by atoms with E-state index in [1.807, 2.05) is 0 Å². The van der Waals surface area contributed by atoms with Gasteiger partial charge in [-0.15, -0.1) is 0 Å². The van der Waals surface area contributed by atoms with Crippen molar-refractivity contribution in [2.24, 2.45) is 0 Å². The molecule has 2 aromatic carbocycles. The molecule has 8 heteroatoms. The summed E-state index contributed by atoms with van der Waals surface area (Å²) >= 11 is 0. The Morgan fingerprint density at radius 3 is 2.44 bits per heavy atom. The fraction of sp³-hybridized carbons (Fsp3) is 0.118. The van der Waals surface area contributed by atoms with Crippen LogP contribution in [0.1, 0.15) is 16.8 Å². The number of hydrazine groups is 1. The summed E-state index contributed by atoms with van der Waals surface area (Å²) in [4.78, 5) is 37.1. The zero-order valence-electron chi connectivity index (χ0n) is 12.8. The van der Waals surface area contributed by atoms with Crippen molar-refractivity contribution < 1.29 is 23.2 Å². The highest BCUT2D eigenvalue weighted by Crippen LogP contribution is 2.24.